The Labute approximate surface area is 185 Å². The van der Waals surface area contributed by atoms with Crippen molar-refractivity contribution in [2.45, 2.75) is 44.3 Å². The standard InChI is InChI=1S/C24H31N3O3S/c1-17(2)23(28)27-16-24(12-13-25-24)22(26-31(3,29)30)21(27)15-18-8-7-11-20(14-18)19-9-5-4-6-10-19/h4-11,14,17,21-22,25-26H,12-13,15-16H2,1-3H3. The van der Waals surface area contributed by atoms with Crippen molar-refractivity contribution in [3.8, 4) is 11.1 Å². The van der Waals surface area contributed by atoms with Gasteiger partial charge in [0.05, 0.1) is 23.9 Å². The smallest absolute Gasteiger partial charge is 0.225 e. The Balaban J connectivity index is 1.69. The van der Waals surface area contributed by atoms with E-state index in [1.165, 1.54) is 6.26 Å². The lowest BCUT2D eigenvalue weighted by Gasteiger charge is -2.44. The molecule has 0 radical (unpaired) electrons. The second-order valence-electron chi connectivity index (χ2n) is 9.16. The summed E-state index contributed by atoms with van der Waals surface area (Å²) < 4.78 is 27.3. The van der Waals surface area contributed by atoms with E-state index in [-0.39, 0.29) is 23.9 Å². The van der Waals surface area contributed by atoms with Crippen molar-refractivity contribution < 1.29 is 13.2 Å². The van der Waals surface area contributed by atoms with E-state index in [0.717, 1.165) is 29.7 Å². The average molecular weight is 442 g/mol. The van der Waals surface area contributed by atoms with Gasteiger partial charge in [-0.3, -0.25) is 4.79 Å². The van der Waals surface area contributed by atoms with Crippen molar-refractivity contribution in [1.29, 1.82) is 0 Å². The van der Waals surface area contributed by atoms with Crippen LogP contribution in [0.25, 0.3) is 11.1 Å². The van der Waals surface area contributed by atoms with Crippen molar-refractivity contribution in [2.75, 3.05) is 19.3 Å². The number of rotatable bonds is 6. The fourth-order valence-electron chi connectivity index (χ4n) is 4.89. The molecule has 2 aliphatic rings. The summed E-state index contributed by atoms with van der Waals surface area (Å²) in [4.78, 5) is 15.0. The quantitative estimate of drug-likeness (QED) is 0.722. The molecule has 0 saturated carbocycles. The fraction of sp³-hybridized carbons (Fsp3) is 0.458. The molecule has 0 aliphatic carbocycles. The van der Waals surface area contributed by atoms with Crippen LogP contribution in [0.5, 0.6) is 0 Å². The van der Waals surface area contributed by atoms with Crippen molar-refractivity contribution in [3.05, 3.63) is 60.2 Å². The normalized spacial score (nSPS) is 25.7. The summed E-state index contributed by atoms with van der Waals surface area (Å²) in [6.07, 6.45) is 2.64. The second kappa shape index (κ2) is 8.37. The Morgan fingerprint density at radius 2 is 1.84 bits per heavy atom. The van der Waals surface area contributed by atoms with Gasteiger partial charge in [-0.2, -0.15) is 0 Å². The van der Waals surface area contributed by atoms with Crippen LogP contribution >= 0.6 is 0 Å². The van der Waals surface area contributed by atoms with Gasteiger partial charge in [-0.1, -0.05) is 68.4 Å². The number of nitrogens with one attached hydrogen (secondary N) is 2. The summed E-state index contributed by atoms with van der Waals surface area (Å²) in [5.74, 6) is -0.0812. The van der Waals surface area contributed by atoms with Crippen LogP contribution in [0.2, 0.25) is 0 Å². The maximum Gasteiger partial charge on any atom is 0.225 e. The Morgan fingerprint density at radius 1 is 1.16 bits per heavy atom. The molecule has 3 atom stereocenters. The summed E-state index contributed by atoms with van der Waals surface area (Å²) in [6.45, 7) is 5.16. The van der Waals surface area contributed by atoms with Crippen LogP contribution in [0.3, 0.4) is 0 Å². The molecule has 1 amide bonds. The number of hydrogen-bond acceptors (Lipinski definition) is 4. The van der Waals surface area contributed by atoms with Crippen LogP contribution in [0.4, 0.5) is 0 Å². The summed E-state index contributed by atoms with van der Waals surface area (Å²) in [7, 11) is -3.43. The summed E-state index contributed by atoms with van der Waals surface area (Å²) in [5.41, 5.74) is 2.94. The number of sulfonamides is 1. The number of benzene rings is 2. The zero-order chi connectivity index (χ0) is 22.2. The Bertz CT molecular complexity index is 1050. The van der Waals surface area contributed by atoms with Gasteiger partial charge >= 0.3 is 0 Å². The first kappa shape index (κ1) is 22.0. The zero-order valence-electron chi connectivity index (χ0n) is 18.3. The third-order valence-corrected chi connectivity index (χ3v) is 7.16. The van der Waals surface area contributed by atoms with Gasteiger partial charge in [-0.05, 0) is 36.1 Å². The van der Waals surface area contributed by atoms with E-state index in [1.54, 1.807) is 0 Å². The molecule has 2 fully saturated rings. The minimum Gasteiger partial charge on any atom is -0.336 e. The number of carbonyl (C=O) groups is 1. The monoisotopic (exact) mass is 441 g/mol. The van der Waals surface area contributed by atoms with Gasteiger partial charge in [0, 0.05) is 12.5 Å². The lowest BCUT2D eigenvalue weighted by molar-refractivity contribution is -0.135. The molecular formula is C24H31N3O3S. The molecular weight excluding hydrogens is 410 g/mol. The largest absolute Gasteiger partial charge is 0.336 e. The van der Waals surface area contributed by atoms with E-state index in [9.17, 15) is 13.2 Å². The van der Waals surface area contributed by atoms with Gasteiger partial charge in [0.2, 0.25) is 15.9 Å². The number of likely N-dealkylation sites (tertiary alicyclic amines) is 1. The molecule has 1 spiro atoms. The molecule has 2 aliphatic heterocycles. The SMILES string of the molecule is CC(C)C(=O)N1CC2(CCN2)C(NS(C)(=O)=O)C1Cc1cccc(-c2ccccc2)c1. The first-order valence-electron chi connectivity index (χ1n) is 10.9. The molecule has 2 saturated heterocycles. The van der Waals surface area contributed by atoms with Crippen LogP contribution in [-0.2, 0) is 21.2 Å². The molecule has 0 bridgehead atoms. The minimum absolute atomic E-state index is 0.0649. The van der Waals surface area contributed by atoms with E-state index < -0.39 is 15.6 Å². The van der Waals surface area contributed by atoms with Crippen molar-refractivity contribution >= 4 is 15.9 Å². The maximum absolute atomic E-state index is 13.1. The molecule has 4 rings (SSSR count). The predicted octanol–water partition coefficient (Wildman–Crippen LogP) is 2.41. The van der Waals surface area contributed by atoms with Crippen LogP contribution in [0.15, 0.2) is 54.6 Å². The van der Waals surface area contributed by atoms with E-state index in [2.05, 4.69) is 40.4 Å². The molecule has 6 nitrogen and oxygen atoms in total. The highest BCUT2D eigenvalue weighted by molar-refractivity contribution is 7.88. The van der Waals surface area contributed by atoms with Crippen LogP contribution in [0, 0.1) is 5.92 Å². The molecule has 7 heteroatoms. The number of amides is 1. The topological polar surface area (TPSA) is 78.5 Å². The van der Waals surface area contributed by atoms with Crippen molar-refractivity contribution in [3.63, 3.8) is 0 Å². The Morgan fingerprint density at radius 3 is 2.42 bits per heavy atom. The van der Waals surface area contributed by atoms with Gasteiger partial charge in [0.15, 0.2) is 0 Å². The second-order valence-corrected chi connectivity index (χ2v) is 10.9. The first-order chi connectivity index (χ1) is 14.7. The highest BCUT2D eigenvalue weighted by Crippen LogP contribution is 2.38. The molecule has 0 aromatic heterocycles. The van der Waals surface area contributed by atoms with Gasteiger partial charge in [-0.15, -0.1) is 0 Å². The van der Waals surface area contributed by atoms with Gasteiger partial charge < -0.3 is 10.2 Å². The molecule has 2 aromatic carbocycles. The number of hydrogen-bond donors (Lipinski definition) is 2. The third kappa shape index (κ3) is 4.54. The van der Waals surface area contributed by atoms with Gasteiger partial charge in [0.1, 0.15) is 0 Å². The van der Waals surface area contributed by atoms with Gasteiger partial charge in [-0.25, -0.2) is 13.1 Å². The molecule has 2 heterocycles. The highest BCUT2D eigenvalue weighted by Gasteiger charge is 2.57. The molecule has 3 unspecified atom stereocenters. The summed E-state index contributed by atoms with van der Waals surface area (Å²) in [6, 6.07) is 17.9. The zero-order valence-corrected chi connectivity index (χ0v) is 19.2. The summed E-state index contributed by atoms with van der Waals surface area (Å²) >= 11 is 0. The highest BCUT2D eigenvalue weighted by atomic mass is 32.2. The fourth-order valence-corrected chi connectivity index (χ4v) is 5.73. The third-order valence-electron chi connectivity index (χ3n) is 6.48. The van der Waals surface area contributed by atoms with Crippen LogP contribution in [-0.4, -0.2) is 56.2 Å². The Hall–Kier alpha value is -2.22. The lowest BCUT2D eigenvalue weighted by Crippen LogP contribution is -2.69. The number of carbonyl (C=O) groups excluding carboxylic acids is 1. The molecule has 2 aromatic rings. The minimum atomic E-state index is -3.43. The Kier molecular flexibility index (Phi) is 5.94. The molecule has 2 N–H and O–H groups in total. The van der Waals surface area contributed by atoms with Crippen LogP contribution < -0.4 is 10.0 Å². The van der Waals surface area contributed by atoms with E-state index in [0.29, 0.717) is 13.0 Å². The van der Waals surface area contributed by atoms with Crippen LogP contribution in [0.1, 0.15) is 25.8 Å². The molecule has 166 valence electrons. The van der Waals surface area contributed by atoms with Crippen molar-refractivity contribution in [1.82, 2.24) is 14.9 Å². The first-order valence-corrected chi connectivity index (χ1v) is 12.7. The number of nitrogens with zero attached hydrogens (tertiary/aromatic N) is 1. The van der Waals surface area contributed by atoms with Crippen molar-refractivity contribution in [2.24, 2.45) is 5.92 Å². The molecule has 31 heavy (non-hydrogen) atoms. The lowest BCUT2D eigenvalue weighted by atomic mass is 9.80. The maximum atomic E-state index is 13.1. The van der Waals surface area contributed by atoms with E-state index in [4.69, 9.17) is 0 Å². The van der Waals surface area contributed by atoms with E-state index in [1.807, 2.05) is 43.0 Å². The predicted molar refractivity (Wildman–Crippen MR) is 123 cm³/mol. The summed E-state index contributed by atoms with van der Waals surface area (Å²) in [5, 5.41) is 3.45. The average Bonchev–Trinajstić information content (AvgIpc) is 3.01. The van der Waals surface area contributed by atoms with E-state index >= 15 is 0 Å². The van der Waals surface area contributed by atoms with Gasteiger partial charge in [0.25, 0.3) is 0 Å².